The Labute approximate surface area is 136 Å². The molecule has 3 aromatic rings. The summed E-state index contributed by atoms with van der Waals surface area (Å²) < 4.78 is 14.1. The molecule has 0 atom stereocenters. The van der Waals surface area contributed by atoms with Gasteiger partial charge >= 0.3 is 0 Å². The normalized spacial score (nSPS) is 11.4. The van der Waals surface area contributed by atoms with Crippen molar-refractivity contribution in [3.8, 4) is 0 Å². The summed E-state index contributed by atoms with van der Waals surface area (Å²) in [6, 6.07) is 24.9. The van der Waals surface area contributed by atoms with Crippen LogP contribution in [0.15, 0.2) is 78.9 Å². The highest BCUT2D eigenvalue weighted by atomic mass is 35.5. The smallest absolute Gasteiger partial charge is 0.171 e. The Morgan fingerprint density at radius 1 is 0.773 bits per heavy atom. The van der Waals surface area contributed by atoms with Crippen LogP contribution in [0.3, 0.4) is 0 Å². The van der Waals surface area contributed by atoms with E-state index in [1.165, 1.54) is 0 Å². The third kappa shape index (κ3) is 2.63. The van der Waals surface area contributed by atoms with E-state index in [1.807, 2.05) is 85.8 Å². The van der Waals surface area contributed by atoms with Gasteiger partial charge in [0.25, 0.3) is 0 Å². The molecule has 0 amide bonds. The van der Waals surface area contributed by atoms with E-state index in [1.54, 1.807) is 0 Å². The van der Waals surface area contributed by atoms with Gasteiger partial charge in [-0.1, -0.05) is 72.3 Å². The molecule has 110 valence electrons. The molecule has 0 bridgehead atoms. The summed E-state index contributed by atoms with van der Waals surface area (Å²) in [5, 5.41) is 3.18. The topological polar surface area (TPSA) is 17.1 Å². The zero-order chi connectivity index (χ0) is 15.6. The van der Waals surface area contributed by atoms with Gasteiger partial charge in [-0.3, -0.25) is 0 Å². The Hall–Kier alpha value is -1.82. The van der Waals surface area contributed by atoms with Crippen LogP contribution in [-0.2, 0) is 4.57 Å². The Morgan fingerprint density at radius 2 is 1.27 bits per heavy atom. The van der Waals surface area contributed by atoms with Gasteiger partial charge < -0.3 is 4.57 Å². The Kier molecular flexibility index (Phi) is 4.20. The second-order valence-corrected chi connectivity index (χ2v) is 8.38. The maximum Gasteiger partial charge on any atom is 0.171 e. The van der Waals surface area contributed by atoms with Crippen molar-refractivity contribution >= 4 is 34.7 Å². The lowest BCUT2D eigenvalue weighted by atomic mass is 10.2. The first kappa shape index (κ1) is 15.1. The van der Waals surface area contributed by atoms with Crippen LogP contribution >= 0.6 is 18.7 Å². The number of halogens is 1. The fourth-order valence-corrected chi connectivity index (χ4v) is 5.79. The summed E-state index contributed by atoms with van der Waals surface area (Å²) in [7, 11) is -2.89. The zero-order valence-electron chi connectivity index (χ0n) is 12.2. The van der Waals surface area contributed by atoms with Crippen molar-refractivity contribution in [1.82, 2.24) is 0 Å². The highest BCUT2D eigenvalue weighted by molar-refractivity contribution is 7.85. The fraction of sp³-hybridized carbons (Fsp3) is 0.0526. The molecule has 0 aliphatic rings. The van der Waals surface area contributed by atoms with Crippen molar-refractivity contribution in [2.45, 2.75) is 6.92 Å². The van der Waals surface area contributed by atoms with Gasteiger partial charge in [0.2, 0.25) is 0 Å². The van der Waals surface area contributed by atoms with Crippen LogP contribution in [0.5, 0.6) is 0 Å². The summed E-state index contributed by atoms with van der Waals surface area (Å²) in [5.74, 6) is 0. The van der Waals surface area contributed by atoms with E-state index in [9.17, 15) is 4.57 Å². The molecule has 3 rings (SSSR count). The lowest BCUT2D eigenvalue weighted by molar-refractivity contribution is 0.592. The predicted molar refractivity (Wildman–Crippen MR) is 95.6 cm³/mol. The van der Waals surface area contributed by atoms with Crippen LogP contribution in [0.25, 0.3) is 0 Å². The van der Waals surface area contributed by atoms with Crippen LogP contribution in [0.1, 0.15) is 5.56 Å². The summed E-state index contributed by atoms with van der Waals surface area (Å²) in [5.41, 5.74) is 0.948. The molecule has 0 radical (unpaired) electrons. The fourth-order valence-electron chi connectivity index (χ4n) is 2.68. The van der Waals surface area contributed by atoms with Crippen LogP contribution in [0.2, 0.25) is 5.02 Å². The molecular weight excluding hydrogens is 311 g/mol. The summed E-state index contributed by atoms with van der Waals surface area (Å²) >= 11 is 6.07. The lowest BCUT2D eigenvalue weighted by Gasteiger charge is -2.21. The number of benzene rings is 3. The highest BCUT2D eigenvalue weighted by Crippen LogP contribution is 2.43. The first-order valence-electron chi connectivity index (χ1n) is 7.10. The van der Waals surface area contributed by atoms with Gasteiger partial charge in [0.15, 0.2) is 7.14 Å². The SMILES string of the molecule is Cc1cc(Cl)ccc1P(=O)(c1ccccc1)c1ccccc1. The number of rotatable bonds is 3. The van der Waals surface area contributed by atoms with Crippen molar-refractivity contribution in [1.29, 1.82) is 0 Å². The van der Waals surface area contributed by atoms with Gasteiger partial charge in [0, 0.05) is 20.9 Å². The lowest BCUT2D eigenvalue weighted by Crippen LogP contribution is -2.26. The third-order valence-electron chi connectivity index (χ3n) is 3.74. The standard InChI is InChI=1S/C19H16ClOP/c1-15-14-16(20)12-13-19(15)22(21,17-8-4-2-5-9-17)18-10-6-3-7-11-18/h2-14H,1H3. The van der Waals surface area contributed by atoms with E-state index in [-0.39, 0.29) is 0 Å². The zero-order valence-corrected chi connectivity index (χ0v) is 13.9. The molecule has 22 heavy (non-hydrogen) atoms. The average molecular weight is 327 g/mol. The van der Waals surface area contributed by atoms with E-state index in [0.717, 1.165) is 21.5 Å². The molecule has 0 N–H and O–H groups in total. The van der Waals surface area contributed by atoms with Gasteiger partial charge in [0.05, 0.1) is 0 Å². The molecule has 0 aliphatic heterocycles. The Morgan fingerprint density at radius 3 is 1.73 bits per heavy atom. The van der Waals surface area contributed by atoms with Gasteiger partial charge in [-0.25, -0.2) is 0 Å². The predicted octanol–water partition coefficient (Wildman–Crippen LogP) is 4.29. The number of hydrogen-bond acceptors (Lipinski definition) is 1. The van der Waals surface area contributed by atoms with Crippen molar-refractivity contribution in [2.75, 3.05) is 0 Å². The molecule has 0 fully saturated rings. The summed E-state index contributed by atoms with van der Waals surface area (Å²) in [6.45, 7) is 1.96. The average Bonchev–Trinajstić information content (AvgIpc) is 2.56. The summed E-state index contributed by atoms with van der Waals surface area (Å²) in [6.07, 6.45) is 0. The van der Waals surface area contributed by atoms with Gasteiger partial charge in [-0.15, -0.1) is 0 Å². The van der Waals surface area contributed by atoms with Gasteiger partial charge in [-0.2, -0.15) is 0 Å². The van der Waals surface area contributed by atoms with Crippen molar-refractivity contribution in [3.05, 3.63) is 89.4 Å². The molecule has 0 saturated carbocycles. The molecular formula is C19H16ClOP. The molecule has 0 aliphatic carbocycles. The van der Waals surface area contributed by atoms with E-state index in [2.05, 4.69) is 0 Å². The molecule has 0 saturated heterocycles. The van der Waals surface area contributed by atoms with Crippen LogP contribution in [0.4, 0.5) is 0 Å². The second kappa shape index (κ2) is 6.12. The van der Waals surface area contributed by atoms with Crippen LogP contribution in [-0.4, -0.2) is 0 Å². The molecule has 1 nitrogen and oxygen atoms in total. The molecule has 3 heteroatoms. The maximum atomic E-state index is 14.1. The largest absolute Gasteiger partial charge is 0.309 e. The van der Waals surface area contributed by atoms with E-state index in [0.29, 0.717) is 5.02 Å². The Balaban J connectivity index is 2.31. The highest BCUT2D eigenvalue weighted by Gasteiger charge is 2.30. The van der Waals surface area contributed by atoms with E-state index < -0.39 is 7.14 Å². The van der Waals surface area contributed by atoms with Crippen molar-refractivity contribution in [2.24, 2.45) is 0 Å². The van der Waals surface area contributed by atoms with Crippen LogP contribution in [0, 0.1) is 6.92 Å². The summed E-state index contributed by atoms with van der Waals surface area (Å²) in [4.78, 5) is 0. The first-order chi connectivity index (χ1) is 10.6. The van der Waals surface area contributed by atoms with E-state index in [4.69, 9.17) is 11.6 Å². The van der Waals surface area contributed by atoms with Gasteiger partial charge in [0.1, 0.15) is 0 Å². The molecule has 3 aromatic carbocycles. The minimum Gasteiger partial charge on any atom is -0.309 e. The number of aryl methyl sites for hydroxylation is 1. The third-order valence-corrected chi connectivity index (χ3v) is 7.20. The molecule has 0 unspecified atom stereocenters. The Bertz CT molecular complexity index is 785. The monoisotopic (exact) mass is 326 g/mol. The van der Waals surface area contributed by atoms with Crippen LogP contribution < -0.4 is 15.9 Å². The minimum atomic E-state index is -2.89. The van der Waals surface area contributed by atoms with E-state index >= 15 is 0 Å². The molecule has 0 heterocycles. The van der Waals surface area contributed by atoms with Crippen molar-refractivity contribution < 1.29 is 4.57 Å². The van der Waals surface area contributed by atoms with Gasteiger partial charge in [-0.05, 0) is 30.7 Å². The number of hydrogen-bond donors (Lipinski definition) is 0. The molecule has 0 aromatic heterocycles. The van der Waals surface area contributed by atoms with Crippen molar-refractivity contribution in [3.63, 3.8) is 0 Å². The minimum absolute atomic E-state index is 0.661. The first-order valence-corrected chi connectivity index (χ1v) is 9.19. The quantitative estimate of drug-likeness (QED) is 0.656. The second-order valence-electron chi connectivity index (χ2n) is 5.21. The maximum absolute atomic E-state index is 14.1. The molecule has 0 spiro atoms.